The van der Waals surface area contributed by atoms with Crippen molar-refractivity contribution in [2.45, 2.75) is 83.0 Å². The number of nitrogens with zero attached hydrogens (tertiary/aromatic N) is 3. The Labute approximate surface area is 260 Å². The molecule has 2 aliphatic heterocycles. The van der Waals surface area contributed by atoms with E-state index in [-0.39, 0.29) is 17.7 Å². The van der Waals surface area contributed by atoms with Crippen molar-refractivity contribution in [1.82, 2.24) is 15.1 Å². The van der Waals surface area contributed by atoms with Gasteiger partial charge in [-0.25, -0.2) is 4.85 Å². The van der Waals surface area contributed by atoms with Gasteiger partial charge in [-0.15, -0.1) is 0 Å². The molecular formula is C37H40N4O3. The molecule has 2 fully saturated rings. The molecule has 2 heterocycles. The summed E-state index contributed by atoms with van der Waals surface area (Å²) in [6.45, 7) is 10.3. The number of fused-ring (bicyclic) bond motifs is 2. The Morgan fingerprint density at radius 1 is 0.955 bits per heavy atom. The molecule has 226 valence electrons. The van der Waals surface area contributed by atoms with Crippen LogP contribution in [0.3, 0.4) is 0 Å². The smallest absolute Gasteiger partial charge is 0.247 e. The van der Waals surface area contributed by atoms with Gasteiger partial charge in [-0.1, -0.05) is 110 Å². The molecule has 7 nitrogen and oxygen atoms in total. The fourth-order valence-electron chi connectivity index (χ4n) is 7.34. The highest BCUT2D eigenvalue weighted by Crippen LogP contribution is 2.39. The van der Waals surface area contributed by atoms with Crippen molar-refractivity contribution in [2.75, 3.05) is 6.54 Å². The van der Waals surface area contributed by atoms with Gasteiger partial charge in [-0.05, 0) is 47.9 Å². The third kappa shape index (κ3) is 6.12. The van der Waals surface area contributed by atoms with Gasteiger partial charge in [0.05, 0.1) is 6.57 Å². The Morgan fingerprint density at radius 3 is 2.43 bits per heavy atom. The van der Waals surface area contributed by atoms with E-state index in [1.165, 1.54) is 6.42 Å². The van der Waals surface area contributed by atoms with E-state index in [1.54, 1.807) is 34.1 Å². The van der Waals surface area contributed by atoms with Crippen LogP contribution in [0.15, 0.2) is 72.8 Å². The minimum absolute atomic E-state index is 0.0648. The van der Waals surface area contributed by atoms with E-state index in [9.17, 15) is 14.4 Å². The van der Waals surface area contributed by atoms with Gasteiger partial charge in [0.15, 0.2) is 5.69 Å². The van der Waals surface area contributed by atoms with Gasteiger partial charge in [0, 0.05) is 19.5 Å². The first kappa shape index (κ1) is 29.6. The monoisotopic (exact) mass is 588 g/mol. The third-order valence-corrected chi connectivity index (χ3v) is 9.63. The van der Waals surface area contributed by atoms with Crippen LogP contribution >= 0.6 is 0 Å². The second-order valence-electron chi connectivity index (χ2n) is 12.6. The average Bonchev–Trinajstić information content (AvgIpc) is 3.05. The van der Waals surface area contributed by atoms with Crippen LogP contribution in [-0.4, -0.2) is 46.1 Å². The Kier molecular flexibility index (Phi) is 8.79. The minimum Gasteiger partial charge on any atom is -0.354 e. The molecular weight excluding hydrogens is 548 g/mol. The molecule has 3 atom stereocenters. The number of hydrogen-bond donors (Lipinski definition) is 1. The SMILES string of the molecule is [C-]#[N+]c1ccc(C(C(=O)NCCc2cccc(C)c2)N2C(=O)[C@@H]3Cc4ccccc4CN3C(=O)[C@@H]2CC2CCCCC2)cc1. The van der Waals surface area contributed by atoms with Crippen LogP contribution in [-0.2, 0) is 33.8 Å². The lowest BCUT2D eigenvalue weighted by Crippen LogP contribution is -2.67. The number of amides is 3. The van der Waals surface area contributed by atoms with Crippen molar-refractivity contribution >= 4 is 23.4 Å². The number of nitrogens with one attached hydrogen (secondary N) is 1. The summed E-state index contributed by atoms with van der Waals surface area (Å²) in [7, 11) is 0. The van der Waals surface area contributed by atoms with Crippen LogP contribution in [0.5, 0.6) is 0 Å². The molecule has 0 radical (unpaired) electrons. The minimum atomic E-state index is -0.975. The summed E-state index contributed by atoms with van der Waals surface area (Å²) in [5.41, 5.74) is 5.51. The van der Waals surface area contributed by atoms with Crippen molar-refractivity contribution < 1.29 is 14.4 Å². The summed E-state index contributed by atoms with van der Waals surface area (Å²) in [6, 6.07) is 20.8. The summed E-state index contributed by atoms with van der Waals surface area (Å²) in [4.78, 5) is 50.2. The maximum Gasteiger partial charge on any atom is 0.247 e. The molecule has 3 amide bonds. The fraction of sp³-hybridized carbons (Fsp3) is 0.405. The number of carbonyl (C=O) groups is 3. The first-order valence-corrected chi connectivity index (χ1v) is 15.9. The van der Waals surface area contributed by atoms with E-state index in [4.69, 9.17) is 6.57 Å². The maximum absolute atomic E-state index is 14.6. The molecule has 3 aliphatic rings. The largest absolute Gasteiger partial charge is 0.354 e. The predicted molar refractivity (Wildman–Crippen MR) is 170 cm³/mol. The van der Waals surface area contributed by atoms with Gasteiger partial charge in [-0.3, -0.25) is 14.4 Å². The molecule has 0 aromatic heterocycles. The number of aryl methyl sites for hydroxylation is 1. The second kappa shape index (κ2) is 13.1. The molecule has 3 aromatic carbocycles. The molecule has 1 N–H and O–H groups in total. The average molecular weight is 589 g/mol. The van der Waals surface area contributed by atoms with Gasteiger partial charge in [-0.2, -0.15) is 0 Å². The van der Waals surface area contributed by atoms with Gasteiger partial charge < -0.3 is 15.1 Å². The zero-order valence-corrected chi connectivity index (χ0v) is 25.4. The van der Waals surface area contributed by atoms with Crippen molar-refractivity contribution in [3.05, 3.63) is 112 Å². The van der Waals surface area contributed by atoms with Gasteiger partial charge in [0.2, 0.25) is 17.7 Å². The van der Waals surface area contributed by atoms with Gasteiger partial charge in [0.1, 0.15) is 18.1 Å². The molecule has 1 saturated carbocycles. The summed E-state index contributed by atoms with van der Waals surface area (Å²) in [6.07, 6.45) is 7.16. The molecule has 1 unspecified atom stereocenters. The molecule has 1 aliphatic carbocycles. The molecule has 6 rings (SSSR count). The molecule has 0 bridgehead atoms. The van der Waals surface area contributed by atoms with E-state index >= 15 is 0 Å². The lowest BCUT2D eigenvalue weighted by Gasteiger charge is -2.50. The molecule has 0 spiro atoms. The highest BCUT2D eigenvalue weighted by Gasteiger charge is 2.51. The third-order valence-electron chi connectivity index (χ3n) is 9.63. The number of hydrogen-bond acceptors (Lipinski definition) is 3. The summed E-state index contributed by atoms with van der Waals surface area (Å²) < 4.78 is 0. The lowest BCUT2D eigenvalue weighted by molar-refractivity contribution is -0.169. The van der Waals surface area contributed by atoms with Crippen LogP contribution in [0.4, 0.5) is 5.69 Å². The van der Waals surface area contributed by atoms with Crippen molar-refractivity contribution in [3.63, 3.8) is 0 Å². The Balaban J connectivity index is 1.36. The Bertz CT molecular complexity index is 1570. The van der Waals surface area contributed by atoms with Crippen molar-refractivity contribution in [2.24, 2.45) is 5.92 Å². The van der Waals surface area contributed by atoms with E-state index in [1.807, 2.05) is 49.4 Å². The summed E-state index contributed by atoms with van der Waals surface area (Å²) >= 11 is 0. The highest BCUT2D eigenvalue weighted by atomic mass is 16.2. The summed E-state index contributed by atoms with van der Waals surface area (Å²) in [5.74, 6) is -0.207. The van der Waals surface area contributed by atoms with E-state index < -0.39 is 18.1 Å². The first-order valence-electron chi connectivity index (χ1n) is 15.9. The normalized spacial score (nSPS) is 20.8. The number of piperazine rings is 1. The zero-order valence-electron chi connectivity index (χ0n) is 25.4. The molecule has 1 saturated heterocycles. The van der Waals surface area contributed by atoms with Crippen molar-refractivity contribution in [3.8, 4) is 0 Å². The quantitative estimate of drug-likeness (QED) is 0.324. The van der Waals surface area contributed by atoms with Crippen molar-refractivity contribution in [1.29, 1.82) is 0 Å². The van der Waals surface area contributed by atoms with E-state index in [0.29, 0.717) is 49.5 Å². The lowest BCUT2D eigenvalue weighted by atomic mass is 9.81. The molecule has 3 aromatic rings. The summed E-state index contributed by atoms with van der Waals surface area (Å²) in [5, 5.41) is 3.10. The molecule has 7 heteroatoms. The fourth-order valence-corrected chi connectivity index (χ4v) is 7.34. The van der Waals surface area contributed by atoms with E-state index in [2.05, 4.69) is 16.2 Å². The topological polar surface area (TPSA) is 74.1 Å². The number of carbonyl (C=O) groups excluding carboxylic acids is 3. The van der Waals surface area contributed by atoms with Gasteiger partial charge in [0.25, 0.3) is 0 Å². The highest BCUT2D eigenvalue weighted by molar-refractivity contribution is 6.00. The Hall–Kier alpha value is -4.44. The van der Waals surface area contributed by atoms with Crippen LogP contribution in [0.25, 0.3) is 4.85 Å². The second-order valence-corrected chi connectivity index (χ2v) is 12.6. The van der Waals surface area contributed by atoms with Crippen LogP contribution < -0.4 is 5.32 Å². The maximum atomic E-state index is 14.6. The van der Waals surface area contributed by atoms with E-state index in [0.717, 1.165) is 47.9 Å². The number of rotatable bonds is 8. The predicted octanol–water partition coefficient (Wildman–Crippen LogP) is 6.08. The zero-order chi connectivity index (χ0) is 30.6. The standard InChI is InChI=1S/C37H40N4O3/c1-25-9-8-12-27(21-25)19-20-39-35(42)34(28-15-17-31(38-2)18-16-28)41-33(22-26-10-4-3-5-11-26)36(43)40-24-30-14-7-6-13-29(30)23-32(40)37(41)44/h6-9,12-18,21,26,32-34H,3-5,10-11,19-20,22-24H2,1H3,(H,39,42)/t32-,33-,34?/m0/s1. The van der Waals surface area contributed by atoms with Crippen LogP contribution in [0, 0.1) is 19.4 Å². The van der Waals surface area contributed by atoms with Gasteiger partial charge >= 0.3 is 0 Å². The Morgan fingerprint density at radius 2 is 1.70 bits per heavy atom. The van der Waals surface area contributed by atoms with Crippen LogP contribution in [0.2, 0.25) is 0 Å². The first-order chi connectivity index (χ1) is 21.4. The van der Waals surface area contributed by atoms with Crippen LogP contribution in [0.1, 0.15) is 72.4 Å². The number of benzene rings is 3. The molecule has 44 heavy (non-hydrogen) atoms.